The highest BCUT2D eigenvalue weighted by Gasteiger charge is 2.58. The van der Waals surface area contributed by atoms with Crippen LogP contribution in [0.25, 0.3) is 0 Å². The Morgan fingerprint density at radius 3 is 2.67 bits per heavy atom. The molecule has 5 atom stereocenters. The van der Waals surface area contributed by atoms with Gasteiger partial charge in [-0.05, 0) is 51.1 Å². The number of hydrogen-bond acceptors (Lipinski definition) is 2. The second-order valence-corrected chi connectivity index (χ2v) is 6.04. The molecule has 3 fully saturated rings. The van der Waals surface area contributed by atoms with Crippen LogP contribution in [0, 0.1) is 29.6 Å². The molecule has 0 aliphatic heterocycles. The first kappa shape index (κ1) is 9.83. The molecule has 0 aromatic rings. The standard InChI is InChI=1S/C13H21NO/c1-14(2)7-12-10-6-11(13(12)15)9-5-3-4-8(9)10/h8-12H,3-7H2,1-2H3. The molecule has 2 nitrogen and oxygen atoms in total. The highest BCUT2D eigenvalue weighted by atomic mass is 16.1. The normalized spacial score (nSPS) is 47.9. The maximum absolute atomic E-state index is 12.2. The summed E-state index contributed by atoms with van der Waals surface area (Å²) in [6, 6.07) is 0. The second kappa shape index (κ2) is 3.31. The molecule has 3 rings (SSSR count). The maximum atomic E-state index is 12.2. The van der Waals surface area contributed by atoms with Gasteiger partial charge in [-0.1, -0.05) is 6.42 Å². The highest BCUT2D eigenvalue weighted by molar-refractivity contribution is 5.87. The van der Waals surface area contributed by atoms with Crippen LogP contribution in [0.2, 0.25) is 0 Å². The van der Waals surface area contributed by atoms with Crippen molar-refractivity contribution < 1.29 is 4.79 Å². The fourth-order valence-electron chi connectivity index (χ4n) is 4.59. The molecule has 0 saturated heterocycles. The van der Waals surface area contributed by atoms with E-state index in [1.165, 1.54) is 25.7 Å². The van der Waals surface area contributed by atoms with Gasteiger partial charge in [-0.15, -0.1) is 0 Å². The van der Waals surface area contributed by atoms with Gasteiger partial charge in [0.15, 0.2) is 0 Å². The Kier molecular flexibility index (Phi) is 2.17. The fraction of sp³-hybridized carbons (Fsp3) is 0.923. The van der Waals surface area contributed by atoms with Crippen molar-refractivity contribution in [2.24, 2.45) is 29.6 Å². The Balaban J connectivity index is 1.81. The van der Waals surface area contributed by atoms with Gasteiger partial charge in [0, 0.05) is 18.4 Å². The van der Waals surface area contributed by atoms with E-state index in [-0.39, 0.29) is 0 Å². The monoisotopic (exact) mass is 207 g/mol. The van der Waals surface area contributed by atoms with E-state index in [1.54, 1.807) is 0 Å². The second-order valence-electron chi connectivity index (χ2n) is 6.04. The SMILES string of the molecule is CN(C)CC1C(=O)C2CC1C1CCCC21. The molecule has 15 heavy (non-hydrogen) atoms. The summed E-state index contributed by atoms with van der Waals surface area (Å²) in [6.07, 6.45) is 5.35. The van der Waals surface area contributed by atoms with Gasteiger partial charge in [-0.25, -0.2) is 0 Å². The molecule has 0 N–H and O–H groups in total. The first-order chi connectivity index (χ1) is 7.18. The Hall–Kier alpha value is -0.370. The summed E-state index contributed by atoms with van der Waals surface area (Å²) in [5.74, 6) is 3.91. The molecule has 3 aliphatic rings. The predicted molar refractivity (Wildman–Crippen MR) is 59.5 cm³/mol. The lowest BCUT2D eigenvalue weighted by Crippen LogP contribution is -2.38. The zero-order valence-corrected chi connectivity index (χ0v) is 9.78. The molecule has 3 aliphatic carbocycles. The third-order valence-corrected chi connectivity index (χ3v) is 5.03. The van der Waals surface area contributed by atoms with Crippen LogP contribution in [0.15, 0.2) is 0 Å². The molecule has 3 saturated carbocycles. The molecule has 0 heterocycles. The first-order valence-electron chi connectivity index (χ1n) is 6.37. The predicted octanol–water partition coefficient (Wildman–Crippen LogP) is 1.80. The first-order valence-corrected chi connectivity index (χ1v) is 6.37. The zero-order chi connectivity index (χ0) is 10.6. The summed E-state index contributed by atoms with van der Waals surface area (Å²) in [5.41, 5.74) is 0. The van der Waals surface area contributed by atoms with Crippen LogP contribution in [-0.2, 0) is 4.79 Å². The molecule has 5 unspecified atom stereocenters. The number of Topliss-reactive ketones (excluding diaryl/α,β-unsaturated/α-hetero) is 1. The van der Waals surface area contributed by atoms with Crippen molar-refractivity contribution in [3.63, 3.8) is 0 Å². The van der Waals surface area contributed by atoms with Gasteiger partial charge in [0.1, 0.15) is 5.78 Å². The lowest BCUT2D eigenvalue weighted by molar-refractivity contribution is -0.129. The number of carbonyl (C=O) groups is 1. The molecular weight excluding hydrogens is 186 g/mol. The van der Waals surface area contributed by atoms with Gasteiger partial charge in [-0.2, -0.15) is 0 Å². The minimum absolute atomic E-state index is 0.379. The van der Waals surface area contributed by atoms with Crippen LogP contribution in [0.1, 0.15) is 25.7 Å². The van der Waals surface area contributed by atoms with Crippen LogP contribution >= 0.6 is 0 Å². The third kappa shape index (κ3) is 1.30. The fourth-order valence-corrected chi connectivity index (χ4v) is 4.59. The molecular formula is C13H21NO. The van der Waals surface area contributed by atoms with E-state index in [9.17, 15) is 4.79 Å². The molecule has 0 spiro atoms. The van der Waals surface area contributed by atoms with Crippen molar-refractivity contribution in [2.45, 2.75) is 25.7 Å². The Labute approximate surface area is 92.0 Å². The van der Waals surface area contributed by atoms with Crippen molar-refractivity contribution in [1.29, 1.82) is 0 Å². The zero-order valence-electron chi connectivity index (χ0n) is 9.78. The van der Waals surface area contributed by atoms with E-state index >= 15 is 0 Å². The quantitative estimate of drug-likeness (QED) is 0.688. The largest absolute Gasteiger partial charge is 0.309 e. The maximum Gasteiger partial charge on any atom is 0.140 e. The molecule has 2 heteroatoms. The van der Waals surface area contributed by atoms with Crippen LogP contribution in [-0.4, -0.2) is 31.3 Å². The average molecular weight is 207 g/mol. The number of carbonyl (C=O) groups excluding carboxylic acids is 1. The van der Waals surface area contributed by atoms with Crippen LogP contribution in [0.4, 0.5) is 0 Å². The van der Waals surface area contributed by atoms with Gasteiger partial charge in [0.25, 0.3) is 0 Å². The van der Waals surface area contributed by atoms with Gasteiger partial charge in [0.05, 0.1) is 0 Å². The summed E-state index contributed by atoms with van der Waals surface area (Å²) in [6.45, 7) is 0.989. The number of rotatable bonds is 2. The topological polar surface area (TPSA) is 20.3 Å². The average Bonchev–Trinajstić information content (AvgIpc) is 2.77. The summed E-state index contributed by atoms with van der Waals surface area (Å²) >= 11 is 0. The molecule has 0 aromatic heterocycles. The summed E-state index contributed by atoms with van der Waals surface area (Å²) in [5, 5.41) is 0. The van der Waals surface area contributed by atoms with Crippen molar-refractivity contribution in [3.8, 4) is 0 Å². The van der Waals surface area contributed by atoms with Crippen molar-refractivity contribution >= 4 is 5.78 Å². The third-order valence-electron chi connectivity index (χ3n) is 5.03. The van der Waals surface area contributed by atoms with Crippen molar-refractivity contribution in [1.82, 2.24) is 4.90 Å². The smallest absolute Gasteiger partial charge is 0.140 e. The summed E-state index contributed by atoms with van der Waals surface area (Å²) in [7, 11) is 4.18. The van der Waals surface area contributed by atoms with Crippen molar-refractivity contribution in [2.75, 3.05) is 20.6 Å². The van der Waals surface area contributed by atoms with Crippen LogP contribution in [0.5, 0.6) is 0 Å². The van der Waals surface area contributed by atoms with Gasteiger partial charge in [0.2, 0.25) is 0 Å². The lowest BCUT2D eigenvalue weighted by atomic mass is 9.75. The van der Waals surface area contributed by atoms with Gasteiger partial charge in [-0.3, -0.25) is 4.79 Å². The number of nitrogens with zero attached hydrogens (tertiary/aromatic N) is 1. The molecule has 2 bridgehead atoms. The highest BCUT2D eigenvalue weighted by Crippen LogP contribution is 2.59. The minimum Gasteiger partial charge on any atom is -0.309 e. The van der Waals surface area contributed by atoms with E-state index < -0.39 is 0 Å². The molecule has 0 amide bonds. The summed E-state index contributed by atoms with van der Waals surface area (Å²) < 4.78 is 0. The van der Waals surface area contributed by atoms with Crippen molar-refractivity contribution in [3.05, 3.63) is 0 Å². The number of ketones is 1. The van der Waals surface area contributed by atoms with E-state index in [1.807, 2.05) is 0 Å². The van der Waals surface area contributed by atoms with E-state index in [2.05, 4.69) is 19.0 Å². The minimum atomic E-state index is 0.379. The van der Waals surface area contributed by atoms with E-state index in [0.717, 1.165) is 24.3 Å². The van der Waals surface area contributed by atoms with Crippen LogP contribution < -0.4 is 0 Å². The number of hydrogen-bond donors (Lipinski definition) is 0. The van der Waals surface area contributed by atoms with E-state index in [0.29, 0.717) is 17.6 Å². The van der Waals surface area contributed by atoms with Crippen LogP contribution in [0.3, 0.4) is 0 Å². The Morgan fingerprint density at radius 2 is 1.93 bits per heavy atom. The Bertz CT molecular complexity index is 286. The lowest BCUT2D eigenvalue weighted by Gasteiger charge is -2.31. The molecule has 0 radical (unpaired) electrons. The molecule has 0 aromatic carbocycles. The van der Waals surface area contributed by atoms with Gasteiger partial charge < -0.3 is 4.90 Å². The Morgan fingerprint density at radius 1 is 1.20 bits per heavy atom. The summed E-state index contributed by atoms with van der Waals surface area (Å²) in [4.78, 5) is 14.4. The van der Waals surface area contributed by atoms with E-state index in [4.69, 9.17) is 0 Å². The molecule has 84 valence electrons. The number of fused-ring (bicyclic) bond motifs is 5. The van der Waals surface area contributed by atoms with Gasteiger partial charge >= 0.3 is 0 Å².